The molecule has 86 valence electrons. The van der Waals surface area contributed by atoms with E-state index in [1.807, 2.05) is 12.1 Å². The van der Waals surface area contributed by atoms with Crippen molar-refractivity contribution in [3.05, 3.63) is 29.8 Å². The molecule has 1 unspecified atom stereocenters. The van der Waals surface area contributed by atoms with Crippen LogP contribution in [-0.4, -0.2) is 17.6 Å². The summed E-state index contributed by atoms with van der Waals surface area (Å²) in [5.41, 5.74) is 7.97. The van der Waals surface area contributed by atoms with Crippen LogP contribution in [0, 0.1) is 0 Å². The van der Waals surface area contributed by atoms with E-state index in [0.29, 0.717) is 11.0 Å². The van der Waals surface area contributed by atoms with E-state index >= 15 is 0 Å². The summed E-state index contributed by atoms with van der Waals surface area (Å²) in [5.74, 6) is 0. The average molecular weight is 234 g/mol. The lowest BCUT2D eigenvalue weighted by Crippen LogP contribution is -2.38. The second kappa shape index (κ2) is 4.83. The molecule has 0 saturated carbocycles. The number of para-hydroxylation sites is 1. The standard InChI is InChI=1S/C13H18N2S/c1-10-6-4-5-9-15(10)12-8-3-2-7-11(12)13(14)16/h2-3,7-8,10H,4-6,9H2,1H3,(H2,14,16). The van der Waals surface area contributed by atoms with E-state index in [1.165, 1.54) is 24.9 Å². The molecule has 1 aliphatic rings. The fraction of sp³-hybridized carbons (Fsp3) is 0.462. The van der Waals surface area contributed by atoms with Gasteiger partial charge in [0.1, 0.15) is 4.99 Å². The van der Waals surface area contributed by atoms with Gasteiger partial charge >= 0.3 is 0 Å². The number of benzene rings is 1. The van der Waals surface area contributed by atoms with Crippen LogP contribution in [0.2, 0.25) is 0 Å². The second-order valence-electron chi connectivity index (χ2n) is 4.42. The zero-order valence-electron chi connectivity index (χ0n) is 9.65. The Morgan fingerprint density at radius 1 is 1.38 bits per heavy atom. The largest absolute Gasteiger partial charge is 0.389 e. The summed E-state index contributed by atoms with van der Waals surface area (Å²) in [5, 5.41) is 0. The number of nitrogens with zero attached hydrogens (tertiary/aromatic N) is 1. The SMILES string of the molecule is CC1CCCCN1c1ccccc1C(N)=S. The molecule has 16 heavy (non-hydrogen) atoms. The monoisotopic (exact) mass is 234 g/mol. The maximum Gasteiger partial charge on any atom is 0.106 e. The summed E-state index contributed by atoms with van der Waals surface area (Å²) in [6, 6.07) is 8.77. The molecule has 0 radical (unpaired) electrons. The topological polar surface area (TPSA) is 29.3 Å². The van der Waals surface area contributed by atoms with Crippen molar-refractivity contribution in [2.75, 3.05) is 11.4 Å². The molecule has 1 atom stereocenters. The van der Waals surface area contributed by atoms with Crippen LogP contribution in [-0.2, 0) is 0 Å². The van der Waals surface area contributed by atoms with E-state index in [4.69, 9.17) is 18.0 Å². The Bertz CT molecular complexity index is 389. The molecule has 0 bridgehead atoms. The fourth-order valence-corrected chi connectivity index (χ4v) is 2.56. The number of hydrogen-bond acceptors (Lipinski definition) is 2. The van der Waals surface area contributed by atoms with Crippen molar-refractivity contribution in [2.45, 2.75) is 32.2 Å². The smallest absolute Gasteiger partial charge is 0.106 e. The van der Waals surface area contributed by atoms with Crippen LogP contribution in [0.3, 0.4) is 0 Å². The van der Waals surface area contributed by atoms with E-state index in [2.05, 4.69) is 24.0 Å². The van der Waals surface area contributed by atoms with Gasteiger partial charge in [-0.3, -0.25) is 0 Å². The van der Waals surface area contributed by atoms with Crippen molar-refractivity contribution in [2.24, 2.45) is 5.73 Å². The van der Waals surface area contributed by atoms with E-state index in [1.54, 1.807) is 0 Å². The number of rotatable bonds is 2. The van der Waals surface area contributed by atoms with Gasteiger partial charge in [-0.15, -0.1) is 0 Å². The molecule has 3 heteroatoms. The van der Waals surface area contributed by atoms with Crippen LogP contribution in [0.1, 0.15) is 31.7 Å². The summed E-state index contributed by atoms with van der Waals surface area (Å²) in [7, 11) is 0. The first kappa shape index (κ1) is 11.4. The van der Waals surface area contributed by atoms with Crippen molar-refractivity contribution < 1.29 is 0 Å². The van der Waals surface area contributed by atoms with Gasteiger partial charge in [-0.25, -0.2) is 0 Å². The molecule has 0 spiro atoms. The number of hydrogen-bond donors (Lipinski definition) is 1. The first-order valence-electron chi connectivity index (χ1n) is 5.85. The molecular weight excluding hydrogens is 216 g/mol. The Labute approximate surface area is 102 Å². The second-order valence-corrected chi connectivity index (χ2v) is 4.86. The molecule has 2 N–H and O–H groups in total. The Morgan fingerprint density at radius 3 is 2.81 bits per heavy atom. The normalized spacial score (nSPS) is 20.8. The van der Waals surface area contributed by atoms with Gasteiger partial charge in [-0.05, 0) is 38.3 Å². The Kier molecular flexibility index (Phi) is 3.44. The Hall–Kier alpha value is -1.09. The minimum absolute atomic E-state index is 0.494. The Balaban J connectivity index is 2.34. The van der Waals surface area contributed by atoms with Crippen LogP contribution < -0.4 is 10.6 Å². The molecule has 2 nitrogen and oxygen atoms in total. The molecule has 2 rings (SSSR count). The highest BCUT2D eigenvalue weighted by atomic mass is 32.1. The Morgan fingerprint density at radius 2 is 2.12 bits per heavy atom. The molecule has 1 aliphatic heterocycles. The highest BCUT2D eigenvalue weighted by Gasteiger charge is 2.20. The van der Waals surface area contributed by atoms with Gasteiger partial charge in [-0.1, -0.05) is 24.4 Å². The summed E-state index contributed by atoms with van der Waals surface area (Å²) in [6.07, 6.45) is 3.84. The van der Waals surface area contributed by atoms with E-state index in [-0.39, 0.29) is 0 Å². The zero-order chi connectivity index (χ0) is 11.5. The quantitative estimate of drug-likeness (QED) is 0.798. The van der Waals surface area contributed by atoms with Crippen molar-refractivity contribution >= 4 is 22.9 Å². The maximum atomic E-state index is 5.77. The molecule has 1 heterocycles. The van der Waals surface area contributed by atoms with E-state index in [0.717, 1.165) is 12.1 Å². The van der Waals surface area contributed by atoms with Crippen molar-refractivity contribution in [3.8, 4) is 0 Å². The van der Waals surface area contributed by atoms with Gasteiger partial charge in [-0.2, -0.15) is 0 Å². The van der Waals surface area contributed by atoms with E-state index < -0.39 is 0 Å². The molecule has 0 aromatic heterocycles. The zero-order valence-corrected chi connectivity index (χ0v) is 10.5. The minimum atomic E-state index is 0.494. The van der Waals surface area contributed by atoms with Gasteiger partial charge in [0.2, 0.25) is 0 Å². The van der Waals surface area contributed by atoms with Crippen molar-refractivity contribution in [1.29, 1.82) is 0 Å². The van der Waals surface area contributed by atoms with Gasteiger partial charge in [0.15, 0.2) is 0 Å². The summed E-state index contributed by atoms with van der Waals surface area (Å²) in [4.78, 5) is 2.92. The molecule has 0 aliphatic carbocycles. The molecule has 1 aromatic rings. The average Bonchev–Trinajstić information content (AvgIpc) is 2.29. The van der Waals surface area contributed by atoms with Crippen LogP contribution in [0.5, 0.6) is 0 Å². The fourth-order valence-electron chi connectivity index (χ4n) is 2.39. The predicted molar refractivity (Wildman–Crippen MR) is 73.0 cm³/mol. The highest BCUT2D eigenvalue weighted by molar-refractivity contribution is 7.80. The first-order chi connectivity index (χ1) is 7.70. The molecule has 1 aromatic carbocycles. The van der Waals surface area contributed by atoms with Gasteiger partial charge in [0.05, 0.1) is 0 Å². The van der Waals surface area contributed by atoms with Gasteiger partial charge in [0, 0.05) is 23.8 Å². The van der Waals surface area contributed by atoms with Crippen LogP contribution in [0.4, 0.5) is 5.69 Å². The van der Waals surface area contributed by atoms with Gasteiger partial charge in [0.25, 0.3) is 0 Å². The van der Waals surface area contributed by atoms with Gasteiger partial charge < -0.3 is 10.6 Å². The van der Waals surface area contributed by atoms with E-state index in [9.17, 15) is 0 Å². The minimum Gasteiger partial charge on any atom is -0.389 e. The lowest BCUT2D eigenvalue weighted by Gasteiger charge is -2.36. The predicted octanol–water partition coefficient (Wildman–Crippen LogP) is 2.70. The number of thiocarbonyl (C=S) groups is 1. The first-order valence-corrected chi connectivity index (χ1v) is 6.26. The lowest BCUT2D eigenvalue weighted by molar-refractivity contribution is 0.485. The molecule has 0 amide bonds. The summed E-state index contributed by atoms with van der Waals surface area (Å²) in [6.45, 7) is 3.39. The summed E-state index contributed by atoms with van der Waals surface area (Å²) < 4.78 is 0. The third kappa shape index (κ3) is 2.19. The van der Waals surface area contributed by atoms with Crippen LogP contribution in [0.25, 0.3) is 0 Å². The molecule has 1 saturated heterocycles. The number of nitrogens with two attached hydrogens (primary N) is 1. The lowest BCUT2D eigenvalue weighted by atomic mass is 10.0. The third-order valence-electron chi connectivity index (χ3n) is 3.28. The van der Waals surface area contributed by atoms with Crippen molar-refractivity contribution in [3.63, 3.8) is 0 Å². The number of piperidine rings is 1. The van der Waals surface area contributed by atoms with Crippen LogP contribution >= 0.6 is 12.2 Å². The number of anilines is 1. The maximum absolute atomic E-state index is 5.77. The molecular formula is C13H18N2S. The third-order valence-corrected chi connectivity index (χ3v) is 3.50. The molecule has 1 fully saturated rings. The summed E-state index contributed by atoms with van der Waals surface area (Å²) >= 11 is 5.11. The van der Waals surface area contributed by atoms with Crippen molar-refractivity contribution in [1.82, 2.24) is 0 Å². The highest BCUT2D eigenvalue weighted by Crippen LogP contribution is 2.27. The van der Waals surface area contributed by atoms with Crippen LogP contribution in [0.15, 0.2) is 24.3 Å².